The molecular weight excluding hydrogens is 280 g/mol. The number of aromatic nitrogens is 1. The van der Waals surface area contributed by atoms with Crippen LogP contribution in [-0.2, 0) is 6.61 Å². The number of nitrogens with zero attached hydrogens (tertiary/aromatic N) is 1. The summed E-state index contributed by atoms with van der Waals surface area (Å²) >= 11 is 0. The summed E-state index contributed by atoms with van der Waals surface area (Å²) in [6, 6.07) is 6.18. The molecule has 1 saturated carbocycles. The van der Waals surface area contributed by atoms with Gasteiger partial charge in [0, 0.05) is 6.04 Å². The Labute approximate surface area is 128 Å². The second kappa shape index (κ2) is 5.16. The van der Waals surface area contributed by atoms with E-state index in [2.05, 4.69) is 10.5 Å². The molecule has 1 aliphatic carbocycles. The molecular formula is C17H18N2O3. The van der Waals surface area contributed by atoms with Crippen LogP contribution in [0.5, 0.6) is 5.75 Å². The lowest BCUT2D eigenvalue weighted by Gasteiger charge is -2.17. The van der Waals surface area contributed by atoms with Crippen LogP contribution in [0, 0.1) is 6.92 Å². The quantitative estimate of drug-likeness (QED) is 0.924. The normalized spacial score (nSPS) is 16.8. The number of fused-ring (bicyclic) bond motifs is 3. The summed E-state index contributed by atoms with van der Waals surface area (Å²) in [7, 11) is 0. The fraction of sp³-hybridized carbons (Fsp3) is 0.412. The van der Waals surface area contributed by atoms with Crippen LogP contribution in [-0.4, -0.2) is 17.1 Å². The molecule has 4 rings (SSSR count). The number of carbonyl (C=O) groups is 1. The Balaban J connectivity index is 1.66. The van der Waals surface area contributed by atoms with Crippen molar-refractivity contribution in [3.05, 3.63) is 35.0 Å². The molecule has 1 aliphatic heterocycles. The maximum absolute atomic E-state index is 12.4. The summed E-state index contributed by atoms with van der Waals surface area (Å²) in [5.74, 6) is 1.27. The first-order chi connectivity index (χ1) is 10.7. The average molecular weight is 298 g/mol. The highest BCUT2D eigenvalue weighted by Gasteiger charge is 2.30. The molecule has 2 aliphatic rings. The van der Waals surface area contributed by atoms with Crippen LogP contribution in [0.25, 0.3) is 11.3 Å². The van der Waals surface area contributed by atoms with Gasteiger partial charge in [-0.15, -0.1) is 0 Å². The first-order valence-electron chi connectivity index (χ1n) is 7.75. The molecule has 114 valence electrons. The third kappa shape index (κ3) is 2.17. The maximum atomic E-state index is 12.4. The minimum Gasteiger partial charge on any atom is -0.488 e. The van der Waals surface area contributed by atoms with E-state index in [1.165, 1.54) is 12.8 Å². The number of aryl methyl sites for hydroxylation is 1. The van der Waals surface area contributed by atoms with Crippen LogP contribution in [0.1, 0.15) is 47.3 Å². The van der Waals surface area contributed by atoms with Gasteiger partial charge in [-0.3, -0.25) is 4.79 Å². The standard InChI is InChI=1S/C17H18N2O3/c1-10-6-7-14-12(8-10)16-13(9-21-14)15(19-22-16)17(20)18-11-4-2-3-5-11/h6-8,11H,2-5,9H2,1H3,(H,18,20). The molecule has 0 radical (unpaired) electrons. The number of benzene rings is 1. The molecule has 0 atom stereocenters. The third-order valence-corrected chi connectivity index (χ3v) is 4.45. The van der Waals surface area contributed by atoms with Gasteiger partial charge in [0.25, 0.3) is 5.91 Å². The lowest BCUT2D eigenvalue weighted by molar-refractivity contribution is 0.0926. The van der Waals surface area contributed by atoms with E-state index in [4.69, 9.17) is 9.26 Å². The molecule has 0 bridgehead atoms. The minimum atomic E-state index is -0.156. The molecule has 1 N–H and O–H groups in total. The highest BCUT2D eigenvalue weighted by atomic mass is 16.5. The molecule has 0 spiro atoms. The smallest absolute Gasteiger partial charge is 0.274 e. The Morgan fingerprint density at radius 3 is 2.95 bits per heavy atom. The predicted octanol–water partition coefficient (Wildman–Crippen LogP) is 3.21. The van der Waals surface area contributed by atoms with Crippen molar-refractivity contribution in [2.24, 2.45) is 0 Å². The summed E-state index contributed by atoms with van der Waals surface area (Å²) in [5.41, 5.74) is 3.08. The topological polar surface area (TPSA) is 64.4 Å². The highest BCUT2D eigenvalue weighted by molar-refractivity contribution is 5.95. The SMILES string of the molecule is Cc1ccc2c(c1)-c1onc(C(=O)NC3CCCC3)c1CO2. The molecule has 0 unspecified atom stereocenters. The lowest BCUT2D eigenvalue weighted by Crippen LogP contribution is -2.33. The van der Waals surface area contributed by atoms with E-state index in [0.29, 0.717) is 18.1 Å². The van der Waals surface area contributed by atoms with Crippen molar-refractivity contribution in [1.82, 2.24) is 10.5 Å². The van der Waals surface area contributed by atoms with E-state index in [1.807, 2.05) is 25.1 Å². The molecule has 0 saturated heterocycles. The Morgan fingerprint density at radius 2 is 2.14 bits per heavy atom. The van der Waals surface area contributed by atoms with Crippen molar-refractivity contribution < 1.29 is 14.1 Å². The van der Waals surface area contributed by atoms with Gasteiger partial charge >= 0.3 is 0 Å². The predicted molar refractivity (Wildman–Crippen MR) is 80.7 cm³/mol. The molecule has 1 fully saturated rings. The van der Waals surface area contributed by atoms with E-state index >= 15 is 0 Å². The third-order valence-electron chi connectivity index (χ3n) is 4.45. The number of hydrogen-bond donors (Lipinski definition) is 1. The van der Waals surface area contributed by atoms with E-state index in [9.17, 15) is 4.79 Å². The molecule has 1 amide bonds. The van der Waals surface area contributed by atoms with Crippen LogP contribution in [0.2, 0.25) is 0 Å². The number of hydrogen-bond acceptors (Lipinski definition) is 4. The van der Waals surface area contributed by atoms with E-state index in [1.54, 1.807) is 0 Å². The summed E-state index contributed by atoms with van der Waals surface area (Å²) in [6.07, 6.45) is 4.45. The second-order valence-corrected chi connectivity index (χ2v) is 6.08. The monoisotopic (exact) mass is 298 g/mol. The van der Waals surface area contributed by atoms with Crippen molar-refractivity contribution in [2.45, 2.75) is 45.3 Å². The van der Waals surface area contributed by atoms with Gasteiger partial charge in [0.15, 0.2) is 11.5 Å². The molecule has 22 heavy (non-hydrogen) atoms. The fourth-order valence-corrected chi connectivity index (χ4v) is 3.25. The van der Waals surface area contributed by atoms with Gasteiger partial charge in [0.05, 0.1) is 11.1 Å². The van der Waals surface area contributed by atoms with Gasteiger partial charge in [-0.25, -0.2) is 0 Å². The zero-order valence-electron chi connectivity index (χ0n) is 12.5. The molecule has 2 aromatic rings. The van der Waals surface area contributed by atoms with Crippen molar-refractivity contribution in [3.8, 4) is 17.1 Å². The summed E-state index contributed by atoms with van der Waals surface area (Å²) in [6.45, 7) is 2.33. The minimum absolute atomic E-state index is 0.156. The van der Waals surface area contributed by atoms with Gasteiger partial charge in [0.1, 0.15) is 12.4 Å². The number of ether oxygens (including phenoxy) is 1. The molecule has 5 heteroatoms. The highest BCUT2D eigenvalue weighted by Crippen LogP contribution is 2.39. The van der Waals surface area contributed by atoms with Gasteiger partial charge in [-0.1, -0.05) is 29.6 Å². The molecule has 1 aromatic carbocycles. The van der Waals surface area contributed by atoms with Gasteiger partial charge in [-0.05, 0) is 31.9 Å². The average Bonchev–Trinajstić information content (AvgIpc) is 3.15. The summed E-state index contributed by atoms with van der Waals surface area (Å²) < 4.78 is 11.2. The van der Waals surface area contributed by atoms with Crippen molar-refractivity contribution in [2.75, 3.05) is 0 Å². The number of carbonyl (C=O) groups excluding carboxylic acids is 1. The van der Waals surface area contributed by atoms with E-state index < -0.39 is 0 Å². The van der Waals surface area contributed by atoms with Crippen LogP contribution < -0.4 is 10.1 Å². The maximum Gasteiger partial charge on any atom is 0.274 e. The van der Waals surface area contributed by atoms with E-state index in [0.717, 1.165) is 35.3 Å². The zero-order chi connectivity index (χ0) is 15.1. The van der Waals surface area contributed by atoms with Gasteiger partial charge in [-0.2, -0.15) is 0 Å². The first kappa shape index (κ1) is 13.4. The van der Waals surface area contributed by atoms with Crippen molar-refractivity contribution in [1.29, 1.82) is 0 Å². The van der Waals surface area contributed by atoms with Crippen LogP contribution in [0.4, 0.5) is 0 Å². The molecule has 5 nitrogen and oxygen atoms in total. The van der Waals surface area contributed by atoms with Crippen LogP contribution in [0.3, 0.4) is 0 Å². The number of amides is 1. The van der Waals surface area contributed by atoms with Crippen molar-refractivity contribution in [3.63, 3.8) is 0 Å². The second-order valence-electron chi connectivity index (χ2n) is 6.08. The Hall–Kier alpha value is -2.30. The first-order valence-corrected chi connectivity index (χ1v) is 7.75. The molecule has 1 aromatic heterocycles. The van der Waals surface area contributed by atoms with Crippen LogP contribution >= 0.6 is 0 Å². The molecule has 2 heterocycles. The fourth-order valence-electron chi connectivity index (χ4n) is 3.25. The van der Waals surface area contributed by atoms with E-state index in [-0.39, 0.29) is 11.9 Å². The van der Waals surface area contributed by atoms with Crippen molar-refractivity contribution >= 4 is 5.91 Å². The summed E-state index contributed by atoms with van der Waals surface area (Å²) in [5, 5.41) is 7.05. The van der Waals surface area contributed by atoms with Crippen LogP contribution in [0.15, 0.2) is 22.7 Å². The zero-order valence-corrected chi connectivity index (χ0v) is 12.5. The Morgan fingerprint density at radius 1 is 1.32 bits per heavy atom. The van der Waals surface area contributed by atoms with Gasteiger partial charge < -0.3 is 14.6 Å². The Kier molecular flexibility index (Phi) is 3.13. The Bertz CT molecular complexity index is 730. The van der Waals surface area contributed by atoms with Gasteiger partial charge in [0.2, 0.25) is 0 Å². The lowest BCUT2D eigenvalue weighted by atomic mass is 10.0. The summed E-state index contributed by atoms with van der Waals surface area (Å²) in [4.78, 5) is 12.4. The number of nitrogens with one attached hydrogen (secondary N) is 1. The largest absolute Gasteiger partial charge is 0.488 e. The number of rotatable bonds is 2.